The lowest BCUT2D eigenvalue weighted by atomic mass is 9.84. The monoisotopic (exact) mass is 256 g/mol. The Bertz CT molecular complexity index is 663. The fourth-order valence-electron chi connectivity index (χ4n) is 1.78. The Hall–Kier alpha value is -2.43. The number of rotatable bonds is 1. The van der Waals surface area contributed by atoms with Crippen LogP contribution >= 0.6 is 11.6 Å². The lowest BCUT2D eigenvalue weighted by Gasteiger charge is -2.17. The van der Waals surface area contributed by atoms with Gasteiger partial charge in [0, 0.05) is 11.1 Å². The molecule has 1 aliphatic rings. The van der Waals surface area contributed by atoms with Crippen LogP contribution in [0.1, 0.15) is 20.7 Å². The second-order valence-corrected chi connectivity index (χ2v) is 4.00. The highest BCUT2D eigenvalue weighted by Crippen LogP contribution is 2.32. The number of benzene rings is 1. The molecule has 0 radical (unpaired) electrons. The Morgan fingerprint density at radius 2 is 1.50 bits per heavy atom. The van der Waals surface area contributed by atoms with Crippen LogP contribution in [-0.2, 0) is 0 Å². The zero-order valence-electron chi connectivity index (χ0n) is 8.98. The Labute approximate surface area is 108 Å². The van der Waals surface area contributed by atoms with Crippen LogP contribution in [0, 0.1) is 28.6 Å². The summed E-state index contributed by atoms with van der Waals surface area (Å²) in [5.74, 6) is -2.40. The molecule has 18 heavy (non-hydrogen) atoms. The van der Waals surface area contributed by atoms with E-state index in [0.29, 0.717) is 0 Å². The second-order valence-electron chi connectivity index (χ2n) is 3.62. The molecular weight excluding hydrogens is 252 g/mol. The van der Waals surface area contributed by atoms with Crippen molar-refractivity contribution in [2.45, 2.75) is 0 Å². The molecule has 0 aromatic heterocycles. The molecule has 5 heteroatoms. The van der Waals surface area contributed by atoms with E-state index in [1.54, 1.807) is 24.3 Å². The molecule has 0 unspecified atom stereocenters. The van der Waals surface area contributed by atoms with Gasteiger partial charge in [-0.3, -0.25) is 9.59 Å². The van der Waals surface area contributed by atoms with E-state index in [0.717, 1.165) is 0 Å². The van der Waals surface area contributed by atoms with Crippen molar-refractivity contribution < 1.29 is 9.59 Å². The van der Waals surface area contributed by atoms with Crippen LogP contribution in [0.5, 0.6) is 0 Å². The standard InChI is InChI=1S/C13H5ClN2O2/c14-11-10(7(5-15)6-16)12(17)8-3-1-2-4-9(8)13(11)18/h1-4,7H. The molecule has 0 amide bonds. The van der Waals surface area contributed by atoms with Gasteiger partial charge >= 0.3 is 0 Å². The van der Waals surface area contributed by atoms with Crippen molar-refractivity contribution in [3.63, 3.8) is 0 Å². The highest BCUT2D eigenvalue weighted by Gasteiger charge is 2.35. The molecular formula is C13H5ClN2O2. The molecule has 1 aromatic carbocycles. The van der Waals surface area contributed by atoms with Gasteiger partial charge in [0.1, 0.15) is 0 Å². The van der Waals surface area contributed by atoms with Crippen molar-refractivity contribution in [1.82, 2.24) is 0 Å². The molecule has 4 nitrogen and oxygen atoms in total. The summed E-state index contributed by atoms with van der Waals surface area (Å²) in [5.41, 5.74) is 0.147. The second kappa shape index (κ2) is 4.44. The zero-order valence-corrected chi connectivity index (χ0v) is 9.73. The minimum absolute atomic E-state index is 0.178. The van der Waals surface area contributed by atoms with Crippen LogP contribution in [0.3, 0.4) is 0 Å². The number of Topliss-reactive ketones (excluding diaryl/α,β-unsaturated/α-hetero) is 2. The molecule has 0 atom stereocenters. The van der Waals surface area contributed by atoms with E-state index < -0.39 is 17.5 Å². The van der Waals surface area contributed by atoms with Crippen molar-refractivity contribution in [2.75, 3.05) is 0 Å². The Morgan fingerprint density at radius 3 is 2.00 bits per heavy atom. The summed E-state index contributed by atoms with van der Waals surface area (Å²) >= 11 is 5.82. The average molecular weight is 257 g/mol. The summed E-state index contributed by atoms with van der Waals surface area (Å²) < 4.78 is 0. The van der Waals surface area contributed by atoms with Gasteiger partial charge in [0.05, 0.1) is 22.7 Å². The number of carbonyl (C=O) groups is 2. The molecule has 2 rings (SSSR count). The SMILES string of the molecule is N#CC(C#N)C1=C(Cl)C(=O)c2ccccc2C1=O. The van der Waals surface area contributed by atoms with Crippen LogP contribution in [0.15, 0.2) is 34.9 Å². The number of allylic oxidation sites excluding steroid dienone is 2. The molecule has 0 saturated heterocycles. The summed E-state index contributed by atoms with van der Waals surface area (Å²) in [5, 5.41) is 17.3. The van der Waals surface area contributed by atoms with Gasteiger partial charge < -0.3 is 0 Å². The first-order valence-electron chi connectivity index (χ1n) is 4.99. The van der Waals surface area contributed by atoms with Crippen LogP contribution < -0.4 is 0 Å². The average Bonchev–Trinajstić information content (AvgIpc) is 2.41. The van der Waals surface area contributed by atoms with Crippen LogP contribution in [0.4, 0.5) is 0 Å². The number of nitriles is 2. The summed E-state index contributed by atoms with van der Waals surface area (Å²) in [6, 6.07) is 9.50. The van der Waals surface area contributed by atoms with Crippen molar-refractivity contribution in [2.24, 2.45) is 5.92 Å². The minimum atomic E-state index is -1.33. The van der Waals surface area contributed by atoms with Gasteiger partial charge in [-0.05, 0) is 0 Å². The van der Waals surface area contributed by atoms with Crippen LogP contribution in [0.25, 0.3) is 0 Å². The van der Waals surface area contributed by atoms with E-state index in [1.165, 1.54) is 12.1 Å². The van der Waals surface area contributed by atoms with Gasteiger partial charge in [0.2, 0.25) is 5.78 Å². The molecule has 0 N–H and O–H groups in total. The van der Waals surface area contributed by atoms with E-state index in [1.807, 2.05) is 0 Å². The van der Waals surface area contributed by atoms with Gasteiger partial charge in [-0.2, -0.15) is 10.5 Å². The summed E-state index contributed by atoms with van der Waals surface area (Å²) in [6.07, 6.45) is 0. The number of hydrogen-bond donors (Lipinski definition) is 0. The largest absolute Gasteiger partial charge is 0.289 e. The lowest BCUT2D eigenvalue weighted by Crippen LogP contribution is -2.23. The molecule has 0 bridgehead atoms. The fourth-order valence-corrected chi connectivity index (χ4v) is 2.08. The number of halogens is 1. The normalized spacial score (nSPS) is 14.2. The van der Waals surface area contributed by atoms with Gasteiger partial charge in [-0.25, -0.2) is 0 Å². The van der Waals surface area contributed by atoms with E-state index in [9.17, 15) is 9.59 Å². The number of nitrogens with zero attached hydrogens (tertiary/aromatic N) is 2. The maximum Gasteiger partial charge on any atom is 0.205 e. The predicted molar refractivity (Wildman–Crippen MR) is 62.7 cm³/mol. The third kappa shape index (κ3) is 1.60. The van der Waals surface area contributed by atoms with E-state index in [-0.39, 0.29) is 21.7 Å². The molecule has 1 aliphatic carbocycles. The maximum atomic E-state index is 12.1. The number of ketones is 2. The maximum absolute atomic E-state index is 12.1. The van der Waals surface area contributed by atoms with E-state index >= 15 is 0 Å². The fraction of sp³-hybridized carbons (Fsp3) is 0.0769. The van der Waals surface area contributed by atoms with Crippen molar-refractivity contribution in [3.8, 4) is 12.1 Å². The van der Waals surface area contributed by atoms with E-state index in [4.69, 9.17) is 22.1 Å². The molecule has 0 spiro atoms. The lowest BCUT2D eigenvalue weighted by molar-refractivity contribution is 0.0976. The van der Waals surface area contributed by atoms with Crippen molar-refractivity contribution in [3.05, 3.63) is 46.0 Å². The molecule has 0 heterocycles. The quantitative estimate of drug-likeness (QED) is 0.771. The first-order chi connectivity index (χ1) is 8.61. The molecule has 0 saturated carbocycles. The third-order valence-electron chi connectivity index (χ3n) is 2.64. The smallest absolute Gasteiger partial charge is 0.205 e. The van der Waals surface area contributed by atoms with Crippen LogP contribution in [0.2, 0.25) is 0 Å². The third-order valence-corrected chi connectivity index (χ3v) is 3.02. The molecule has 0 fully saturated rings. The van der Waals surface area contributed by atoms with Gasteiger partial charge in [0.25, 0.3) is 0 Å². The first-order valence-corrected chi connectivity index (χ1v) is 5.37. The summed E-state index contributed by atoms with van der Waals surface area (Å²) in [7, 11) is 0. The highest BCUT2D eigenvalue weighted by atomic mass is 35.5. The Kier molecular flexibility index (Phi) is 2.97. The molecule has 0 aliphatic heterocycles. The molecule has 86 valence electrons. The van der Waals surface area contributed by atoms with Gasteiger partial charge in [0.15, 0.2) is 11.7 Å². The number of carbonyl (C=O) groups excluding carboxylic acids is 2. The minimum Gasteiger partial charge on any atom is -0.289 e. The first kappa shape index (κ1) is 12.0. The van der Waals surface area contributed by atoms with Gasteiger partial charge in [-0.15, -0.1) is 0 Å². The summed E-state index contributed by atoms with van der Waals surface area (Å²) in [4.78, 5) is 24.1. The van der Waals surface area contributed by atoms with E-state index in [2.05, 4.69) is 0 Å². The topological polar surface area (TPSA) is 81.7 Å². The predicted octanol–water partition coefficient (Wildman–Crippen LogP) is 2.22. The van der Waals surface area contributed by atoms with Crippen molar-refractivity contribution in [1.29, 1.82) is 10.5 Å². The number of fused-ring (bicyclic) bond motifs is 1. The van der Waals surface area contributed by atoms with Crippen LogP contribution in [-0.4, -0.2) is 11.6 Å². The highest BCUT2D eigenvalue weighted by molar-refractivity contribution is 6.50. The Morgan fingerprint density at radius 1 is 1.00 bits per heavy atom. The Balaban J connectivity index is 2.69. The summed E-state index contributed by atoms with van der Waals surface area (Å²) in [6.45, 7) is 0. The number of hydrogen-bond acceptors (Lipinski definition) is 4. The zero-order chi connectivity index (χ0) is 13.3. The van der Waals surface area contributed by atoms with Gasteiger partial charge in [-0.1, -0.05) is 35.9 Å². The molecule has 1 aromatic rings. The van der Waals surface area contributed by atoms with Crippen molar-refractivity contribution >= 4 is 23.2 Å².